The van der Waals surface area contributed by atoms with Gasteiger partial charge < -0.3 is 10.8 Å². The number of hydrogen-bond donors (Lipinski definition) is 2. The van der Waals surface area contributed by atoms with Gasteiger partial charge in [-0.2, -0.15) is 0 Å². The molecule has 96 valence electrons. The lowest BCUT2D eigenvalue weighted by molar-refractivity contribution is 0.260. The lowest BCUT2D eigenvalue weighted by atomic mass is 10.1. The van der Waals surface area contributed by atoms with Crippen molar-refractivity contribution in [1.29, 1.82) is 0 Å². The average molecular weight is 257 g/mol. The average Bonchev–Trinajstić information content (AvgIpc) is 2.28. The normalized spacial score (nSPS) is 15.5. The molecule has 2 atom stereocenters. The summed E-state index contributed by atoms with van der Waals surface area (Å²) in [5, 5.41) is 7.85. The first-order chi connectivity index (χ1) is 7.91. The van der Waals surface area contributed by atoms with Crippen LogP contribution in [-0.2, 0) is 9.84 Å². The van der Waals surface area contributed by atoms with E-state index < -0.39 is 15.2 Å². The van der Waals surface area contributed by atoms with Gasteiger partial charge in [0, 0.05) is 6.61 Å². The minimum Gasteiger partial charge on any atom is -0.396 e. The van der Waals surface area contributed by atoms with Crippen LogP contribution in [0.2, 0.25) is 0 Å². The summed E-state index contributed by atoms with van der Waals surface area (Å²) >= 11 is 0. The zero-order valence-corrected chi connectivity index (χ0v) is 10.9. The Kier molecular flexibility index (Phi) is 4.68. The third-order valence-corrected chi connectivity index (χ3v) is 5.16. The Hall–Kier alpha value is -0.910. The van der Waals surface area contributed by atoms with Crippen LogP contribution in [-0.4, -0.2) is 25.5 Å². The maximum Gasteiger partial charge on any atom is 0.194 e. The standard InChI is InChI=1S/C12H19NO3S/c1-9-5-3-4-6-11(9)17(15,16)12(13)10(2)7-8-14/h3-6,10,12,14H,7-8,13H2,1-2H3/t10-,12-/m0/s1. The van der Waals surface area contributed by atoms with E-state index in [1.165, 1.54) is 0 Å². The van der Waals surface area contributed by atoms with E-state index in [4.69, 9.17) is 10.8 Å². The van der Waals surface area contributed by atoms with Crippen LogP contribution in [0.25, 0.3) is 0 Å². The highest BCUT2D eigenvalue weighted by atomic mass is 32.2. The minimum atomic E-state index is -3.52. The van der Waals surface area contributed by atoms with Crippen LogP contribution in [0.15, 0.2) is 29.2 Å². The second kappa shape index (κ2) is 5.62. The molecule has 0 unspecified atom stereocenters. The van der Waals surface area contributed by atoms with Gasteiger partial charge in [0.25, 0.3) is 0 Å². The molecule has 3 N–H and O–H groups in total. The molecule has 0 heterocycles. The Labute approximate surface area is 102 Å². The van der Waals surface area contributed by atoms with Gasteiger partial charge in [0.15, 0.2) is 9.84 Å². The number of benzene rings is 1. The number of nitrogens with two attached hydrogens (primary N) is 1. The van der Waals surface area contributed by atoms with Gasteiger partial charge in [0.2, 0.25) is 0 Å². The maximum absolute atomic E-state index is 12.3. The molecule has 0 spiro atoms. The molecule has 0 aliphatic heterocycles. The molecule has 0 aliphatic carbocycles. The Bertz CT molecular complexity index is 470. The fourth-order valence-electron chi connectivity index (χ4n) is 1.70. The van der Waals surface area contributed by atoms with Crippen LogP contribution in [0, 0.1) is 12.8 Å². The van der Waals surface area contributed by atoms with Crippen molar-refractivity contribution in [3.8, 4) is 0 Å². The van der Waals surface area contributed by atoms with E-state index in [2.05, 4.69) is 0 Å². The monoisotopic (exact) mass is 257 g/mol. The van der Waals surface area contributed by atoms with Crippen molar-refractivity contribution in [2.45, 2.75) is 30.5 Å². The number of hydrogen-bond acceptors (Lipinski definition) is 4. The largest absolute Gasteiger partial charge is 0.396 e. The Morgan fingerprint density at radius 2 is 1.94 bits per heavy atom. The molecule has 0 amide bonds. The highest BCUT2D eigenvalue weighted by Gasteiger charge is 2.29. The van der Waals surface area contributed by atoms with Crippen molar-refractivity contribution in [2.24, 2.45) is 11.7 Å². The lowest BCUT2D eigenvalue weighted by Gasteiger charge is -2.20. The van der Waals surface area contributed by atoms with Crippen molar-refractivity contribution >= 4 is 9.84 Å². The molecule has 0 radical (unpaired) electrons. The van der Waals surface area contributed by atoms with E-state index in [1.807, 2.05) is 0 Å². The molecule has 0 bridgehead atoms. The van der Waals surface area contributed by atoms with Crippen molar-refractivity contribution < 1.29 is 13.5 Å². The lowest BCUT2D eigenvalue weighted by Crippen LogP contribution is -2.37. The van der Waals surface area contributed by atoms with Crippen molar-refractivity contribution in [3.05, 3.63) is 29.8 Å². The number of aliphatic hydroxyl groups is 1. The highest BCUT2D eigenvalue weighted by Crippen LogP contribution is 2.22. The first-order valence-corrected chi connectivity index (χ1v) is 7.12. The predicted molar refractivity (Wildman–Crippen MR) is 67.2 cm³/mol. The van der Waals surface area contributed by atoms with E-state index in [0.717, 1.165) is 0 Å². The zero-order valence-electron chi connectivity index (χ0n) is 10.1. The zero-order chi connectivity index (χ0) is 13.1. The van der Waals surface area contributed by atoms with Gasteiger partial charge in [0.1, 0.15) is 5.37 Å². The molecule has 17 heavy (non-hydrogen) atoms. The first-order valence-electron chi connectivity index (χ1n) is 5.57. The highest BCUT2D eigenvalue weighted by molar-refractivity contribution is 7.92. The van der Waals surface area contributed by atoms with E-state index in [9.17, 15) is 8.42 Å². The third-order valence-electron chi connectivity index (χ3n) is 2.90. The van der Waals surface area contributed by atoms with Gasteiger partial charge in [-0.1, -0.05) is 25.1 Å². The first kappa shape index (κ1) is 14.2. The smallest absolute Gasteiger partial charge is 0.194 e. The Morgan fingerprint density at radius 1 is 1.35 bits per heavy atom. The van der Waals surface area contributed by atoms with Gasteiger partial charge in [-0.3, -0.25) is 0 Å². The summed E-state index contributed by atoms with van der Waals surface area (Å²) in [5.41, 5.74) is 6.48. The number of sulfone groups is 1. The molecular weight excluding hydrogens is 238 g/mol. The van der Waals surface area contributed by atoms with Crippen LogP contribution < -0.4 is 5.73 Å². The number of aliphatic hydroxyl groups excluding tert-OH is 1. The fraction of sp³-hybridized carbons (Fsp3) is 0.500. The van der Waals surface area contributed by atoms with Crippen LogP contribution in [0.4, 0.5) is 0 Å². The van der Waals surface area contributed by atoms with Crippen molar-refractivity contribution in [2.75, 3.05) is 6.61 Å². The van der Waals surface area contributed by atoms with Crippen LogP contribution in [0.1, 0.15) is 18.9 Å². The van der Waals surface area contributed by atoms with Gasteiger partial charge in [0.05, 0.1) is 4.90 Å². The summed E-state index contributed by atoms with van der Waals surface area (Å²) in [5.74, 6) is -0.274. The second-order valence-corrected chi connectivity index (χ2v) is 6.34. The maximum atomic E-state index is 12.3. The Morgan fingerprint density at radius 3 is 2.47 bits per heavy atom. The third kappa shape index (κ3) is 3.06. The minimum absolute atomic E-state index is 0.0574. The predicted octanol–water partition coefficient (Wildman–Crippen LogP) is 1.07. The summed E-state index contributed by atoms with van der Waals surface area (Å²) < 4.78 is 24.5. The molecule has 1 rings (SSSR count). The second-order valence-electron chi connectivity index (χ2n) is 4.26. The SMILES string of the molecule is Cc1ccccc1S(=O)(=O)[C@H](N)[C@@H](C)CCO. The number of aryl methyl sites for hydroxylation is 1. The molecule has 1 aromatic carbocycles. The Balaban J connectivity index is 3.08. The quantitative estimate of drug-likeness (QED) is 0.827. The molecule has 0 fully saturated rings. The van der Waals surface area contributed by atoms with Gasteiger partial charge >= 0.3 is 0 Å². The van der Waals surface area contributed by atoms with E-state index in [1.54, 1.807) is 38.1 Å². The van der Waals surface area contributed by atoms with Crippen LogP contribution in [0.3, 0.4) is 0 Å². The molecule has 0 aliphatic rings. The molecule has 0 saturated carbocycles. The van der Waals surface area contributed by atoms with E-state index in [-0.39, 0.29) is 17.4 Å². The summed E-state index contributed by atoms with van der Waals surface area (Å²) in [6, 6.07) is 6.78. The summed E-state index contributed by atoms with van der Waals surface area (Å²) in [4.78, 5) is 0.275. The molecule has 0 aromatic heterocycles. The van der Waals surface area contributed by atoms with Crippen LogP contribution in [0.5, 0.6) is 0 Å². The van der Waals surface area contributed by atoms with Gasteiger partial charge in [-0.05, 0) is 30.9 Å². The molecule has 1 aromatic rings. The summed E-state index contributed by atoms with van der Waals surface area (Å²) in [6.07, 6.45) is 0.381. The van der Waals surface area contributed by atoms with Crippen LogP contribution >= 0.6 is 0 Å². The summed E-state index contributed by atoms with van der Waals surface area (Å²) in [6.45, 7) is 3.42. The summed E-state index contributed by atoms with van der Waals surface area (Å²) in [7, 11) is -3.52. The fourth-order valence-corrected chi connectivity index (χ4v) is 3.52. The van der Waals surface area contributed by atoms with E-state index >= 15 is 0 Å². The van der Waals surface area contributed by atoms with Crippen molar-refractivity contribution in [1.82, 2.24) is 0 Å². The molecule has 4 nitrogen and oxygen atoms in total. The molecular formula is C12H19NO3S. The van der Waals surface area contributed by atoms with Gasteiger partial charge in [-0.15, -0.1) is 0 Å². The van der Waals surface area contributed by atoms with Crippen molar-refractivity contribution in [3.63, 3.8) is 0 Å². The topological polar surface area (TPSA) is 80.4 Å². The molecule has 0 saturated heterocycles. The number of rotatable bonds is 5. The van der Waals surface area contributed by atoms with E-state index in [0.29, 0.717) is 12.0 Å². The van der Waals surface area contributed by atoms with Gasteiger partial charge in [-0.25, -0.2) is 8.42 Å². The molecule has 5 heteroatoms.